The number of carbonyl (C=O) groups excluding carboxylic acids is 1. The van der Waals surface area contributed by atoms with Gasteiger partial charge in [0.1, 0.15) is 5.82 Å². The molecule has 1 amide bonds. The Kier molecular flexibility index (Phi) is 2.80. The number of amides is 1. The van der Waals surface area contributed by atoms with Crippen LogP contribution in [0.25, 0.3) is 0 Å². The predicted molar refractivity (Wildman–Crippen MR) is 62.7 cm³/mol. The van der Waals surface area contributed by atoms with Gasteiger partial charge < -0.3 is 4.90 Å². The summed E-state index contributed by atoms with van der Waals surface area (Å²) in [6, 6.07) is 3.36. The Hall–Kier alpha value is -1.98. The number of hydrogen-bond acceptors (Lipinski definition) is 3. The monoisotopic (exact) mass is 252 g/mol. The number of likely N-dealkylation sites (N-methyl/N-ethyl adjacent to an activating group) is 1. The second kappa shape index (κ2) is 4.04. The molecular formula is C12H13FN2O3. The fourth-order valence-electron chi connectivity index (χ4n) is 2.39. The molecule has 1 heterocycles. The maximum atomic E-state index is 13.1. The first-order chi connectivity index (χ1) is 8.36. The molecule has 1 atom stereocenters. The van der Waals surface area contributed by atoms with Gasteiger partial charge in [0.15, 0.2) is 0 Å². The standard InChI is InChI=1S/C12H13FN2O3/c1-12(5-6-14(2)11(12)16)9-4-3-8(13)7-10(9)15(17)18/h3-4,7H,5-6H2,1-2H3. The van der Waals surface area contributed by atoms with E-state index < -0.39 is 16.2 Å². The topological polar surface area (TPSA) is 63.4 Å². The molecule has 2 rings (SSSR count). The van der Waals surface area contributed by atoms with E-state index in [1.165, 1.54) is 11.0 Å². The summed E-state index contributed by atoms with van der Waals surface area (Å²) in [4.78, 5) is 24.0. The Balaban J connectivity index is 2.58. The molecule has 1 fully saturated rings. The molecule has 1 saturated heterocycles. The molecule has 1 aliphatic heterocycles. The molecule has 0 saturated carbocycles. The Morgan fingerprint density at radius 2 is 2.17 bits per heavy atom. The molecule has 5 nitrogen and oxygen atoms in total. The highest BCUT2D eigenvalue weighted by Gasteiger charge is 2.46. The largest absolute Gasteiger partial charge is 0.345 e. The van der Waals surface area contributed by atoms with Gasteiger partial charge in [-0.2, -0.15) is 0 Å². The van der Waals surface area contributed by atoms with Gasteiger partial charge in [-0.25, -0.2) is 4.39 Å². The lowest BCUT2D eigenvalue weighted by Crippen LogP contribution is -2.34. The van der Waals surface area contributed by atoms with E-state index >= 15 is 0 Å². The van der Waals surface area contributed by atoms with E-state index in [0.717, 1.165) is 12.1 Å². The van der Waals surface area contributed by atoms with Gasteiger partial charge in [0.25, 0.3) is 5.69 Å². The summed E-state index contributed by atoms with van der Waals surface area (Å²) in [5.41, 5.74) is -0.991. The number of nitrogens with zero attached hydrogens (tertiary/aromatic N) is 2. The molecule has 0 N–H and O–H groups in total. The maximum Gasteiger partial charge on any atom is 0.276 e. The summed E-state index contributed by atoms with van der Waals surface area (Å²) in [5, 5.41) is 11.0. The molecule has 1 aromatic carbocycles. The molecule has 1 unspecified atom stereocenters. The highest BCUT2D eigenvalue weighted by Crippen LogP contribution is 2.39. The molecule has 1 aromatic rings. The molecule has 0 aliphatic carbocycles. The molecule has 6 heteroatoms. The number of carbonyl (C=O) groups is 1. The van der Waals surface area contributed by atoms with Crippen LogP contribution in [0.15, 0.2) is 18.2 Å². The van der Waals surface area contributed by atoms with Crippen LogP contribution in [0.5, 0.6) is 0 Å². The number of halogens is 1. The fraction of sp³-hybridized carbons (Fsp3) is 0.417. The van der Waals surface area contributed by atoms with Crippen LogP contribution >= 0.6 is 0 Å². The van der Waals surface area contributed by atoms with Crippen molar-refractivity contribution in [2.75, 3.05) is 13.6 Å². The summed E-state index contributed by atoms with van der Waals surface area (Å²) >= 11 is 0. The average Bonchev–Trinajstić information content (AvgIpc) is 2.58. The van der Waals surface area contributed by atoms with Crippen molar-refractivity contribution in [3.05, 3.63) is 39.7 Å². The number of rotatable bonds is 2. The van der Waals surface area contributed by atoms with Gasteiger partial charge >= 0.3 is 0 Å². The van der Waals surface area contributed by atoms with Crippen molar-refractivity contribution in [2.24, 2.45) is 0 Å². The van der Waals surface area contributed by atoms with Crippen molar-refractivity contribution >= 4 is 11.6 Å². The zero-order valence-corrected chi connectivity index (χ0v) is 10.1. The quantitative estimate of drug-likeness (QED) is 0.596. The van der Waals surface area contributed by atoms with E-state index in [9.17, 15) is 19.3 Å². The first-order valence-corrected chi connectivity index (χ1v) is 5.56. The number of hydrogen-bond donors (Lipinski definition) is 0. The van der Waals surface area contributed by atoms with Gasteiger partial charge in [0.2, 0.25) is 5.91 Å². The van der Waals surface area contributed by atoms with Gasteiger partial charge in [-0.05, 0) is 25.5 Å². The Bertz CT molecular complexity index is 532. The maximum absolute atomic E-state index is 13.1. The first-order valence-electron chi connectivity index (χ1n) is 5.56. The van der Waals surface area contributed by atoms with Crippen molar-refractivity contribution in [1.29, 1.82) is 0 Å². The highest BCUT2D eigenvalue weighted by atomic mass is 19.1. The van der Waals surface area contributed by atoms with Crippen molar-refractivity contribution in [3.63, 3.8) is 0 Å². The van der Waals surface area contributed by atoms with Crippen LogP contribution in [0.3, 0.4) is 0 Å². The normalized spacial score (nSPS) is 23.5. The third-order valence-corrected chi connectivity index (χ3v) is 3.52. The second-order valence-electron chi connectivity index (χ2n) is 4.73. The van der Waals surface area contributed by atoms with E-state index in [1.54, 1.807) is 14.0 Å². The molecule has 18 heavy (non-hydrogen) atoms. The van der Waals surface area contributed by atoms with Crippen molar-refractivity contribution in [1.82, 2.24) is 4.90 Å². The average molecular weight is 252 g/mol. The van der Waals surface area contributed by atoms with Crippen LogP contribution in [0.4, 0.5) is 10.1 Å². The minimum Gasteiger partial charge on any atom is -0.345 e. The first kappa shape index (κ1) is 12.5. The van der Waals surface area contributed by atoms with Gasteiger partial charge in [0, 0.05) is 19.2 Å². The zero-order chi connectivity index (χ0) is 13.5. The van der Waals surface area contributed by atoms with E-state index in [2.05, 4.69) is 0 Å². The summed E-state index contributed by atoms with van der Waals surface area (Å²) in [7, 11) is 1.66. The lowest BCUT2D eigenvalue weighted by Gasteiger charge is -2.22. The van der Waals surface area contributed by atoms with E-state index in [-0.39, 0.29) is 17.2 Å². The zero-order valence-electron chi connectivity index (χ0n) is 10.1. The predicted octanol–water partition coefficient (Wildman–Crippen LogP) is 1.85. The smallest absolute Gasteiger partial charge is 0.276 e. The summed E-state index contributed by atoms with van der Waals surface area (Å²) in [6.45, 7) is 2.21. The number of benzene rings is 1. The number of nitro benzene ring substituents is 1. The molecule has 0 spiro atoms. The van der Waals surface area contributed by atoms with Crippen LogP contribution in [-0.4, -0.2) is 29.3 Å². The summed E-state index contributed by atoms with van der Waals surface area (Å²) in [5.74, 6) is -0.843. The summed E-state index contributed by atoms with van der Waals surface area (Å²) in [6.07, 6.45) is 0.495. The molecule has 96 valence electrons. The fourth-order valence-corrected chi connectivity index (χ4v) is 2.39. The number of likely N-dealkylation sites (tertiary alicyclic amines) is 1. The Morgan fingerprint density at radius 1 is 1.50 bits per heavy atom. The SMILES string of the molecule is CN1CCC(C)(c2ccc(F)cc2[N+](=O)[O-])C1=O. The lowest BCUT2D eigenvalue weighted by molar-refractivity contribution is -0.386. The number of nitro groups is 1. The molecule has 0 radical (unpaired) electrons. The Labute approximate surface area is 103 Å². The van der Waals surface area contributed by atoms with Gasteiger partial charge in [-0.1, -0.05) is 0 Å². The second-order valence-corrected chi connectivity index (χ2v) is 4.73. The molecular weight excluding hydrogens is 239 g/mol. The Morgan fingerprint density at radius 3 is 2.67 bits per heavy atom. The highest BCUT2D eigenvalue weighted by molar-refractivity contribution is 5.90. The van der Waals surface area contributed by atoms with E-state index in [1.807, 2.05) is 0 Å². The third-order valence-electron chi connectivity index (χ3n) is 3.52. The minimum absolute atomic E-state index is 0.169. The van der Waals surface area contributed by atoms with Crippen molar-refractivity contribution in [3.8, 4) is 0 Å². The third kappa shape index (κ3) is 1.73. The van der Waals surface area contributed by atoms with Gasteiger partial charge in [-0.15, -0.1) is 0 Å². The van der Waals surface area contributed by atoms with Crippen LogP contribution in [0.1, 0.15) is 18.9 Å². The lowest BCUT2D eigenvalue weighted by atomic mass is 9.80. The van der Waals surface area contributed by atoms with Crippen LogP contribution in [0.2, 0.25) is 0 Å². The molecule has 0 aromatic heterocycles. The van der Waals surface area contributed by atoms with Crippen LogP contribution in [0, 0.1) is 15.9 Å². The minimum atomic E-state index is -0.940. The van der Waals surface area contributed by atoms with Crippen molar-refractivity contribution < 1.29 is 14.1 Å². The molecule has 0 bridgehead atoms. The van der Waals surface area contributed by atoms with Gasteiger partial charge in [-0.3, -0.25) is 14.9 Å². The van der Waals surface area contributed by atoms with Crippen LogP contribution < -0.4 is 0 Å². The van der Waals surface area contributed by atoms with Gasteiger partial charge in [0.05, 0.1) is 16.4 Å². The van der Waals surface area contributed by atoms with Crippen LogP contribution in [-0.2, 0) is 10.2 Å². The van der Waals surface area contributed by atoms with Crippen molar-refractivity contribution in [2.45, 2.75) is 18.8 Å². The molecule has 1 aliphatic rings. The summed E-state index contributed by atoms with van der Waals surface area (Å²) < 4.78 is 13.1. The van der Waals surface area contributed by atoms with E-state index in [0.29, 0.717) is 13.0 Å². The van der Waals surface area contributed by atoms with E-state index in [4.69, 9.17) is 0 Å².